The molecule has 0 atom stereocenters. The van der Waals surface area contributed by atoms with Crippen LogP contribution in [-0.2, 0) is 10.5 Å². The Labute approximate surface area is 175 Å². The fourth-order valence-corrected chi connectivity index (χ4v) is 3.50. The second kappa shape index (κ2) is 9.90. The van der Waals surface area contributed by atoms with Gasteiger partial charge in [-0.2, -0.15) is 5.10 Å². The van der Waals surface area contributed by atoms with Crippen LogP contribution in [0.3, 0.4) is 0 Å². The molecule has 0 saturated carbocycles. The number of hydrogen-bond acceptors (Lipinski definition) is 6. The van der Waals surface area contributed by atoms with Gasteiger partial charge in [-0.1, -0.05) is 29.8 Å². The molecule has 3 aromatic rings. The SMILES string of the molecule is O=C(CSCc1ccccc1Cl)N/N=C\c1ccc(-c2ccc([N+](=O)[O-])cc2)o1. The Morgan fingerprint density at radius 2 is 1.93 bits per heavy atom. The summed E-state index contributed by atoms with van der Waals surface area (Å²) >= 11 is 7.52. The first-order valence-corrected chi connectivity index (χ1v) is 10.0. The van der Waals surface area contributed by atoms with Crippen LogP contribution in [0.25, 0.3) is 11.3 Å². The highest BCUT2D eigenvalue weighted by Gasteiger charge is 2.08. The number of benzene rings is 2. The summed E-state index contributed by atoms with van der Waals surface area (Å²) in [6.07, 6.45) is 1.39. The largest absolute Gasteiger partial charge is 0.455 e. The van der Waals surface area contributed by atoms with Gasteiger partial charge in [-0.05, 0) is 35.9 Å². The summed E-state index contributed by atoms with van der Waals surface area (Å²) in [7, 11) is 0. The van der Waals surface area contributed by atoms with Gasteiger partial charge in [-0.3, -0.25) is 14.9 Å². The van der Waals surface area contributed by atoms with Gasteiger partial charge in [0.1, 0.15) is 11.5 Å². The van der Waals surface area contributed by atoms with E-state index in [2.05, 4.69) is 10.5 Å². The highest BCUT2D eigenvalue weighted by molar-refractivity contribution is 7.99. The zero-order valence-corrected chi connectivity index (χ0v) is 16.7. The molecule has 0 aliphatic rings. The number of rotatable bonds is 8. The van der Waals surface area contributed by atoms with Crippen molar-refractivity contribution in [3.8, 4) is 11.3 Å². The number of hydrazone groups is 1. The third-order valence-electron chi connectivity index (χ3n) is 3.82. The van der Waals surface area contributed by atoms with E-state index in [0.29, 0.717) is 27.9 Å². The molecular formula is C20H16ClN3O4S. The fraction of sp³-hybridized carbons (Fsp3) is 0.100. The summed E-state index contributed by atoms with van der Waals surface area (Å²) in [6, 6.07) is 17.0. The van der Waals surface area contributed by atoms with Gasteiger partial charge in [0, 0.05) is 28.5 Å². The molecule has 0 aliphatic carbocycles. The van der Waals surface area contributed by atoms with Gasteiger partial charge in [-0.15, -0.1) is 11.8 Å². The van der Waals surface area contributed by atoms with Gasteiger partial charge in [0.25, 0.3) is 5.69 Å². The minimum absolute atomic E-state index is 0.0113. The Kier molecular flexibility index (Phi) is 7.04. The van der Waals surface area contributed by atoms with Gasteiger partial charge >= 0.3 is 0 Å². The number of carbonyl (C=O) groups excluding carboxylic acids is 1. The number of nitro benzene ring substituents is 1. The van der Waals surface area contributed by atoms with Crippen LogP contribution in [-0.4, -0.2) is 22.8 Å². The van der Waals surface area contributed by atoms with Crippen molar-refractivity contribution >= 4 is 41.2 Å². The lowest BCUT2D eigenvalue weighted by Crippen LogP contribution is -2.19. The van der Waals surface area contributed by atoms with Crippen LogP contribution in [0.1, 0.15) is 11.3 Å². The summed E-state index contributed by atoms with van der Waals surface area (Å²) in [6.45, 7) is 0. The number of thioether (sulfide) groups is 1. The van der Waals surface area contributed by atoms with Crippen molar-refractivity contribution in [3.05, 3.63) is 87.1 Å². The fourth-order valence-electron chi connectivity index (χ4n) is 2.39. The summed E-state index contributed by atoms with van der Waals surface area (Å²) < 4.78 is 5.61. The van der Waals surface area contributed by atoms with Crippen LogP contribution in [0.15, 0.2) is 70.2 Å². The van der Waals surface area contributed by atoms with Crippen molar-refractivity contribution in [3.63, 3.8) is 0 Å². The van der Waals surface area contributed by atoms with Crippen LogP contribution in [0.4, 0.5) is 5.69 Å². The van der Waals surface area contributed by atoms with Crippen molar-refractivity contribution in [2.75, 3.05) is 5.75 Å². The normalized spacial score (nSPS) is 10.9. The van der Waals surface area contributed by atoms with Crippen LogP contribution in [0.5, 0.6) is 0 Å². The quantitative estimate of drug-likeness (QED) is 0.312. The maximum Gasteiger partial charge on any atom is 0.269 e. The van der Waals surface area contributed by atoms with Crippen molar-refractivity contribution in [2.24, 2.45) is 5.10 Å². The molecule has 148 valence electrons. The van der Waals surface area contributed by atoms with Gasteiger partial charge in [0.05, 0.1) is 16.9 Å². The van der Waals surface area contributed by atoms with E-state index in [9.17, 15) is 14.9 Å². The first kappa shape index (κ1) is 20.6. The second-order valence-corrected chi connectivity index (χ2v) is 7.28. The molecule has 0 spiro atoms. The minimum Gasteiger partial charge on any atom is -0.455 e. The first-order chi connectivity index (χ1) is 14.0. The van der Waals surface area contributed by atoms with E-state index < -0.39 is 4.92 Å². The van der Waals surface area contributed by atoms with E-state index in [1.807, 2.05) is 24.3 Å². The predicted octanol–water partition coefficient (Wildman–Crippen LogP) is 4.89. The molecular weight excluding hydrogens is 414 g/mol. The molecule has 9 heteroatoms. The van der Waals surface area contributed by atoms with E-state index in [4.69, 9.17) is 16.0 Å². The van der Waals surface area contributed by atoms with Gasteiger partial charge in [0.2, 0.25) is 5.91 Å². The van der Waals surface area contributed by atoms with Crippen molar-refractivity contribution < 1.29 is 14.1 Å². The van der Waals surface area contributed by atoms with Crippen molar-refractivity contribution in [2.45, 2.75) is 5.75 Å². The number of nitro groups is 1. The van der Waals surface area contributed by atoms with Crippen molar-refractivity contribution in [1.82, 2.24) is 5.43 Å². The topological polar surface area (TPSA) is 97.7 Å². The molecule has 0 fully saturated rings. The molecule has 2 aromatic carbocycles. The summed E-state index contributed by atoms with van der Waals surface area (Å²) in [5, 5.41) is 15.3. The highest BCUT2D eigenvalue weighted by atomic mass is 35.5. The first-order valence-electron chi connectivity index (χ1n) is 8.50. The monoisotopic (exact) mass is 429 g/mol. The summed E-state index contributed by atoms with van der Waals surface area (Å²) in [4.78, 5) is 22.1. The second-order valence-electron chi connectivity index (χ2n) is 5.88. The van der Waals surface area contributed by atoms with Crippen molar-refractivity contribution in [1.29, 1.82) is 0 Å². The lowest BCUT2D eigenvalue weighted by molar-refractivity contribution is -0.384. The molecule has 0 saturated heterocycles. The Morgan fingerprint density at radius 1 is 1.17 bits per heavy atom. The number of hydrogen-bond donors (Lipinski definition) is 1. The lowest BCUT2D eigenvalue weighted by Gasteiger charge is -2.03. The number of nitrogens with one attached hydrogen (secondary N) is 1. The molecule has 0 radical (unpaired) electrons. The van der Waals surface area contributed by atoms with Gasteiger partial charge < -0.3 is 4.42 Å². The molecule has 7 nitrogen and oxygen atoms in total. The Morgan fingerprint density at radius 3 is 2.66 bits per heavy atom. The molecule has 1 heterocycles. The van der Waals surface area contributed by atoms with E-state index >= 15 is 0 Å². The Balaban J connectivity index is 1.47. The maximum atomic E-state index is 11.9. The minimum atomic E-state index is -0.459. The zero-order chi connectivity index (χ0) is 20.6. The van der Waals surface area contributed by atoms with Crippen LogP contribution < -0.4 is 5.43 Å². The molecule has 3 rings (SSSR count). The Bertz CT molecular complexity index is 1030. The van der Waals surface area contributed by atoms with Crippen LogP contribution in [0, 0.1) is 10.1 Å². The lowest BCUT2D eigenvalue weighted by atomic mass is 10.1. The third kappa shape index (κ3) is 5.94. The van der Waals surface area contributed by atoms with E-state index in [1.165, 1.54) is 30.1 Å². The zero-order valence-electron chi connectivity index (χ0n) is 15.1. The number of nitrogens with zero attached hydrogens (tertiary/aromatic N) is 2. The smallest absolute Gasteiger partial charge is 0.269 e. The standard InChI is InChI=1S/C20H16ClN3O4S/c21-18-4-2-1-3-15(18)12-29-13-20(25)23-22-11-17-9-10-19(28-17)14-5-7-16(8-6-14)24(26)27/h1-11H,12-13H2,(H,23,25)/b22-11-. The van der Waals surface area contributed by atoms with Crippen LogP contribution in [0.2, 0.25) is 5.02 Å². The van der Waals surface area contributed by atoms with E-state index in [1.54, 1.807) is 24.3 Å². The average Bonchev–Trinajstić information content (AvgIpc) is 3.18. The molecule has 0 unspecified atom stereocenters. The van der Waals surface area contributed by atoms with Gasteiger partial charge in [-0.25, -0.2) is 5.43 Å². The van der Waals surface area contributed by atoms with Gasteiger partial charge in [0.15, 0.2) is 0 Å². The van der Waals surface area contributed by atoms with E-state index in [0.717, 1.165) is 5.56 Å². The van der Waals surface area contributed by atoms with E-state index in [-0.39, 0.29) is 17.3 Å². The molecule has 1 N–H and O–H groups in total. The summed E-state index contributed by atoms with van der Waals surface area (Å²) in [5.74, 6) is 1.63. The summed E-state index contributed by atoms with van der Waals surface area (Å²) in [5.41, 5.74) is 4.13. The number of amides is 1. The highest BCUT2D eigenvalue weighted by Crippen LogP contribution is 2.24. The number of carbonyl (C=O) groups is 1. The van der Waals surface area contributed by atoms with Crippen LogP contribution >= 0.6 is 23.4 Å². The Hall–Kier alpha value is -3.10. The predicted molar refractivity (Wildman–Crippen MR) is 114 cm³/mol. The molecule has 1 amide bonds. The molecule has 1 aromatic heterocycles. The average molecular weight is 430 g/mol. The molecule has 29 heavy (non-hydrogen) atoms. The number of furan rings is 1. The molecule has 0 bridgehead atoms. The third-order valence-corrected chi connectivity index (χ3v) is 5.17. The number of non-ortho nitro benzene ring substituents is 1. The molecule has 0 aliphatic heterocycles. The number of halogens is 1. The maximum absolute atomic E-state index is 11.9.